The van der Waals surface area contributed by atoms with Crippen LogP contribution in [0, 0.1) is 12.3 Å². The van der Waals surface area contributed by atoms with E-state index in [1.54, 1.807) is 0 Å². The van der Waals surface area contributed by atoms with Gasteiger partial charge in [-0.15, -0.1) is 0 Å². The minimum Gasteiger partial charge on any atom is -0.393 e. The normalized spacial score (nSPS) is 33.4. The van der Waals surface area contributed by atoms with Gasteiger partial charge in [0.15, 0.2) is 0 Å². The van der Waals surface area contributed by atoms with Crippen molar-refractivity contribution in [2.45, 2.75) is 70.4 Å². The van der Waals surface area contributed by atoms with Gasteiger partial charge in [0.25, 0.3) is 0 Å². The summed E-state index contributed by atoms with van der Waals surface area (Å²) >= 11 is 0. The Morgan fingerprint density at radius 3 is 2.52 bits per heavy atom. The molecule has 1 atom stereocenters. The highest BCUT2D eigenvalue weighted by Gasteiger charge is 2.48. The molecule has 4 heterocycles. The highest BCUT2D eigenvalue weighted by Crippen LogP contribution is 2.46. The molecule has 3 saturated heterocycles. The number of amides is 1. The average molecular weight is 399 g/mol. The molecule has 1 amide bonds. The van der Waals surface area contributed by atoms with E-state index >= 15 is 0 Å². The van der Waals surface area contributed by atoms with Gasteiger partial charge in [0.1, 0.15) is 5.82 Å². The predicted molar refractivity (Wildman–Crippen MR) is 114 cm³/mol. The van der Waals surface area contributed by atoms with Gasteiger partial charge in [0.05, 0.1) is 22.9 Å². The molecule has 4 fully saturated rings. The van der Waals surface area contributed by atoms with Crippen LogP contribution in [0.25, 0.3) is 0 Å². The first kappa shape index (κ1) is 19.3. The summed E-state index contributed by atoms with van der Waals surface area (Å²) in [6.45, 7) is 7.45. The van der Waals surface area contributed by atoms with E-state index in [0.717, 1.165) is 68.9 Å². The van der Waals surface area contributed by atoms with Crippen molar-refractivity contribution in [1.29, 1.82) is 0 Å². The summed E-state index contributed by atoms with van der Waals surface area (Å²) in [5.74, 6) is 1.30. The Morgan fingerprint density at radius 1 is 1.03 bits per heavy atom. The molecular weight excluding hydrogens is 364 g/mol. The van der Waals surface area contributed by atoms with Crippen LogP contribution in [0.15, 0.2) is 12.1 Å². The van der Waals surface area contributed by atoms with E-state index in [1.165, 1.54) is 32.4 Å². The van der Waals surface area contributed by atoms with Gasteiger partial charge in [-0.2, -0.15) is 0 Å². The van der Waals surface area contributed by atoms with E-state index in [2.05, 4.69) is 21.9 Å². The van der Waals surface area contributed by atoms with E-state index in [4.69, 9.17) is 4.98 Å². The van der Waals surface area contributed by atoms with Gasteiger partial charge in [-0.05, 0) is 83.5 Å². The average Bonchev–Trinajstić information content (AvgIpc) is 3.46. The standard InChI is InChI=1S/C23H34N4O2/c1-17-20(27-15-11-23(22(27)29)9-6-19(28)7-10-23)4-5-21(24-17)26-14-8-18(16-26)25-12-2-3-13-25/h4-5,18-19,28H,2-3,6-16H2,1H3. The molecule has 29 heavy (non-hydrogen) atoms. The molecule has 1 aliphatic carbocycles. The van der Waals surface area contributed by atoms with Gasteiger partial charge in [-0.3, -0.25) is 9.69 Å². The first-order chi connectivity index (χ1) is 14.1. The number of rotatable bonds is 3. The summed E-state index contributed by atoms with van der Waals surface area (Å²) in [6.07, 6.45) is 7.73. The van der Waals surface area contributed by atoms with Crippen LogP contribution in [0.1, 0.15) is 57.1 Å². The van der Waals surface area contributed by atoms with Crippen molar-refractivity contribution in [2.75, 3.05) is 42.5 Å². The highest BCUT2D eigenvalue weighted by molar-refractivity contribution is 6.00. The Hall–Kier alpha value is -1.66. The smallest absolute Gasteiger partial charge is 0.233 e. The van der Waals surface area contributed by atoms with Crippen LogP contribution in [0.5, 0.6) is 0 Å². The number of aliphatic hydroxyl groups is 1. The molecule has 4 aliphatic rings. The molecule has 0 bridgehead atoms. The third-order valence-electron chi connectivity index (χ3n) is 7.90. The Labute approximate surface area is 173 Å². The topological polar surface area (TPSA) is 59.9 Å². The number of anilines is 2. The fourth-order valence-corrected chi connectivity index (χ4v) is 6.03. The first-order valence-corrected chi connectivity index (χ1v) is 11.5. The Balaban J connectivity index is 1.29. The van der Waals surface area contributed by atoms with Crippen molar-refractivity contribution in [3.05, 3.63) is 17.8 Å². The number of nitrogens with zero attached hydrogens (tertiary/aromatic N) is 4. The van der Waals surface area contributed by atoms with Crippen molar-refractivity contribution >= 4 is 17.4 Å². The molecule has 0 aromatic carbocycles. The quantitative estimate of drug-likeness (QED) is 0.848. The van der Waals surface area contributed by atoms with E-state index in [1.807, 2.05) is 11.8 Å². The summed E-state index contributed by atoms with van der Waals surface area (Å²) in [4.78, 5) is 25.2. The molecule has 1 unspecified atom stereocenters. The van der Waals surface area contributed by atoms with Gasteiger partial charge < -0.3 is 14.9 Å². The number of aromatic nitrogens is 1. The second-order valence-corrected chi connectivity index (χ2v) is 9.62. The predicted octanol–water partition coefficient (Wildman–Crippen LogP) is 2.72. The van der Waals surface area contributed by atoms with Crippen molar-refractivity contribution in [2.24, 2.45) is 5.41 Å². The molecular formula is C23H34N4O2. The van der Waals surface area contributed by atoms with Gasteiger partial charge in [-0.25, -0.2) is 4.98 Å². The summed E-state index contributed by atoms with van der Waals surface area (Å²) in [5.41, 5.74) is 1.67. The molecule has 0 radical (unpaired) electrons. The zero-order valence-electron chi connectivity index (χ0n) is 17.6. The van der Waals surface area contributed by atoms with Gasteiger partial charge >= 0.3 is 0 Å². The van der Waals surface area contributed by atoms with E-state index in [0.29, 0.717) is 6.04 Å². The van der Waals surface area contributed by atoms with Crippen molar-refractivity contribution < 1.29 is 9.90 Å². The molecule has 1 aromatic rings. The largest absolute Gasteiger partial charge is 0.393 e. The molecule has 3 aliphatic heterocycles. The zero-order chi connectivity index (χ0) is 20.0. The third-order valence-corrected chi connectivity index (χ3v) is 7.90. The number of aliphatic hydroxyl groups excluding tert-OH is 1. The lowest BCUT2D eigenvalue weighted by Gasteiger charge is -2.34. The number of hydrogen-bond acceptors (Lipinski definition) is 5. The van der Waals surface area contributed by atoms with E-state index < -0.39 is 0 Å². The van der Waals surface area contributed by atoms with Crippen LogP contribution in [-0.4, -0.2) is 65.8 Å². The lowest BCUT2D eigenvalue weighted by molar-refractivity contribution is -0.128. The fourth-order valence-electron chi connectivity index (χ4n) is 6.03. The Morgan fingerprint density at radius 2 is 1.79 bits per heavy atom. The van der Waals surface area contributed by atoms with Crippen LogP contribution in [0.4, 0.5) is 11.5 Å². The molecule has 1 N–H and O–H groups in total. The maximum Gasteiger partial charge on any atom is 0.233 e. The summed E-state index contributed by atoms with van der Waals surface area (Å²) < 4.78 is 0. The second kappa shape index (κ2) is 7.55. The van der Waals surface area contributed by atoms with Crippen LogP contribution < -0.4 is 9.80 Å². The number of hydrogen-bond donors (Lipinski definition) is 1. The number of carbonyl (C=O) groups excluding carboxylic acids is 1. The maximum absolute atomic E-state index is 13.3. The van der Waals surface area contributed by atoms with Crippen molar-refractivity contribution in [3.8, 4) is 0 Å². The molecule has 6 heteroatoms. The second-order valence-electron chi connectivity index (χ2n) is 9.62. The monoisotopic (exact) mass is 398 g/mol. The number of likely N-dealkylation sites (tertiary alicyclic amines) is 1. The minimum absolute atomic E-state index is 0.227. The van der Waals surface area contributed by atoms with Crippen LogP contribution in [-0.2, 0) is 4.79 Å². The van der Waals surface area contributed by atoms with Gasteiger partial charge in [0, 0.05) is 25.7 Å². The molecule has 158 valence electrons. The highest BCUT2D eigenvalue weighted by atomic mass is 16.3. The first-order valence-electron chi connectivity index (χ1n) is 11.5. The van der Waals surface area contributed by atoms with Crippen molar-refractivity contribution in [3.63, 3.8) is 0 Å². The molecule has 1 spiro atoms. The van der Waals surface area contributed by atoms with E-state index in [9.17, 15) is 9.90 Å². The molecule has 5 rings (SSSR count). The third kappa shape index (κ3) is 3.44. The summed E-state index contributed by atoms with van der Waals surface area (Å²) in [6, 6.07) is 4.88. The summed E-state index contributed by atoms with van der Waals surface area (Å²) in [5, 5.41) is 9.85. The van der Waals surface area contributed by atoms with Crippen LogP contribution in [0.2, 0.25) is 0 Å². The SMILES string of the molecule is Cc1nc(N2CCC(N3CCCC3)C2)ccc1N1CCC2(CCC(O)CC2)C1=O. The zero-order valence-corrected chi connectivity index (χ0v) is 17.6. The maximum atomic E-state index is 13.3. The van der Waals surface area contributed by atoms with Gasteiger partial charge in [0.2, 0.25) is 5.91 Å². The lowest BCUT2D eigenvalue weighted by atomic mass is 9.72. The van der Waals surface area contributed by atoms with Crippen LogP contribution in [0.3, 0.4) is 0 Å². The molecule has 1 saturated carbocycles. The van der Waals surface area contributed by atoms with Crippen molar-refractivity contribution in [1.82, 2.24) is 9.88 Å². The fraction of sp³-hybridized carbons (Fsp3) is 0.739. The summed E-state index contributed by atoms with van der Waals surface area (Å²) in [7, 11) is 0. The van der Waals surface area contributed by atoms with Crippen LogP contribution >= 0.6 is 0 Å². The molecule has 6 nitrogen and oxygen atoms in total. The lowest BCUT2D eigenvalue weighted by Crippen LogP contribution is -2.38. The Bertz CT molecular complexity index is 768. The number of pyridine rings is 1. The minimum atomic E-state index is -0.248. The number of aryl methyl sites for hydroxylation is 1. The van der Waals surface area contributed by atoms with E-state index in [-0.39, 0.29) is 17.4 Å². The Kier molecular flexibility index (Phi) is 5.03. The molecule has 1 aromatic heterocycles. The van der Waals surface area contributed by atoms with Gasteiger partial charge in [-0.1, -0.05) is 0 Å². The number of carbonyl (C=O) groups is 1.